The van der Waals surface area contributed by atoms with Crippen molar-refractivity contribution in [3.63, 3.8) is 0 Å². The van der Waals surface area contributed by atoms with Crippen molar-refractivity contribution >= 4 is 17.8 Å². The Kier molecular flexibility index (Phi) is 10.2. The Morgan fingerprint density at radius 2 is 1.53 bits per heavy atom. The highest BCUT2D eigenvalue weighted by Crippen LogP contribution is 2.55. The Morgan fingerprint density at radius 1 is 0.855 bits per heavy atom. The zero-order valence-electron chi connectivity index (χ0n) is 31.1. The second-order valence-electron chi connectivity index (χ2n) is 16.1. The lowest BCUT2D eigenvalue weighted by Gasteiger charge is -2.56. The maximum Gasteiger partial charge on any atom is 0.315 e. The summed E-state index contributed by atoms with van der Waals surface area (Å²) in [5.74, 6) is 2.98. The zero-order valence-corrected chi connectivity index (χ0v) is 31.9. The van der Waals surface area contributed by atoms with Gasteiger partial charge in [-0.3, -0.25) is 0 Å². The Balaban J connectivity index is 0.903. The van der Waals surface area contributed by atoms with Crippen LogP contribution in [0.25, 0.3) is 16.8 Å². The first kappa shape index (κ1) is 36.1. The number of para-hydroxylation sites is 1. The Labute approximate surface area is 326 Å². The third kappa shape index (κ3) is 7.67. The molecule has 5 fully saturated rings. The molecule has 4 atom stereocenters. The molecule has 4 aliphatic carbocycles. The van der Waals surface area contributed by atoms with Crippen LogP contribution >= 0.6 is 11.8 Å². The van der Waals surface area contributed by atoms with Gasteiger partial charge in [0.05, 0.1) is 24.5 Å². The molecule has 10 rings (SSSR count). The Bertz CT molecular complexity index is 2060. The van der Waals surface area contributed by atoms with Crippen LogP contribution in [0.15, 0.2) is 108 Å². The number of ether oxygens (including phenoxy) is 2. The van der Waals surface area contributed by atoms with E-state index in [1.165, 1.54) is 19.3 Å². The van der Waals surface area contributed by atoms with Crippen molar-refractivity contribution in [1.82, 2.24) is 30.8 Å². The topological polar surface area (TPSA) is 123 Å². The first-order chi connectivity index (χ1) is 26.9. The highest BCUT2D eigenvalue weighted by Gasteiger charge is 2.51. The largest absolute Gasteiger partial charge is 0.392 e. The average molecular weight is 757 g/mol. The van der Waals surface area contributed by atoms with E-state index in [9.17, 15) is 9.90 Å². The van der Waals surface area contributed by atoms with E-state index < -0.39 is 6.29 Å². The number of hydrogen-bond acceptors (Lipinski definition) is 8. The van der Waals surface area contributed by atoms with Crippen molar-refractivity contribution in [2.75, 3.05) is 5.75 Å². The fourth-order valence-electron chi connectivity index (χ4n) is 9.97. The van der Waals surface area contributed by atoms with Crippen molar-refractivity contribution in [3.05, 3.63) is 125 Å². The Morgan fingerprint density at radius 3 is 2.24 bits per heavy atom. The van der Waals surface area contributed by atoms with Gasteiger partial charge in [-0.1, -0.05) is 110 Å². The van der Waals surface area contributed by atoms with Gasteiger partial charge in [-0.25, -0.2) is 4.79 Å². The summed E-state index contributed by atoms with van der Waals surface area (Å²) in [5, 5.41) is 29.5. The molecule has 10 nitrogen and oxygen atoms in total. The SMILES string of the molecule is C[C@@H]1[C@H](CSc2nnnn2-c2ccccc2)O[C@H](c2ccc(-c3ccccc3CNC(=O)NC34CC5CC(CC(C5)C3)C4)cc2)O[C@@H]1c1ccc(CO)cc1. The number of aliphatic hydroxyl groups is 1. The van der Waals surface area contributed by atoms with Gasteiger partial charge < -0.3 is 25.2 Å². The van der Waals surface area contributed by atoms with E-state index in [4.69, 9.17) is 9.47 Å². The number of nitrogens with zero attached hydrogens (tertiary/aromatic N) is 4. The number of aromatic nitrogens is 4. The second kappa shape index (κ2) is 15.5. The van der Waals surface area contributed by atoms with Crippen LogP contribution in [-0.4, -0.2) is 48.7 Å². The molecule has 0 unspecified atom stereocenters. The van der Waals surface area contributed by atoms with E-state index in [1.54, 1.807) is 16.4 Å². The molecule has 55 heavy (non-hydrogen) atoms. The fraction of sp³-hybridized carbons (Fsp3) is 0.409. The smallest absolute Gasteiger partial charge is 0.315 e. The summed E-state index contributed by atoms with van der Waals surface area (Å²) in [4.78, 5) is 13.3. The average Bonchev–Trinajstić information content (AvgIpc) is 3.68. The van der Waals surface area contributed by atoms with E-state index in [-0.39, 0.29) is 36.3 Å². The molecule has 1 saturated heterocycles. The molecule has 1 aliphatic heterocycles. The van der Waals surface area contributed by atoms with Gasteiger partial charge in [0.2, 0.25) is 5.16 Å². The molecule has 0 spiro atoms. The van der Waals surface area contributed by atoms with E-state index in [0.717, 1.165) is 76.1 Å². The number of urea groups is 1. The van der Waals surface area contributed by atoms with Gasteiger partial charge in [0.25, 0.3) is 0 Å². The zero-order chi connectivity index (χ0) is 37.4. The molecule has 0 radical (unpaired) electrons. The van der Waals surface area contributed by atoms with Crippen LogP contribution in [0.5, 0.6) is 0 Å². The van der Waals surface area contributed by atoms with E-state index >= 15 is 0 Å². The standard InChI is InChI=1S/C44H48N6O4S/c1-28-39(27-55-43-47-48-49-50(43)37-8-3-2-4-9-37)53-41(54-40(28)34-13-11-29(26-51)12-14-34)35-17-15-33(16-18-35)38-10-6-5-7-36(38)25-45-42(52)46-44-22-30-19-31(23-44)21-32(20-30)24-44/h2-18,28,30-32,39-41,51H,19-27H2,1H3,(H2,45,46,52)/t28-,30?,31?,32?,39+,40+,41+,44?/m1/s1. The molecule has 284 valence electrons. The predicted molar refractivity (Wildman–Crippen MR) is 211 cm³/mol. The second-order valence-corrected chi connectivity index (χ2v) is 17.1. The molecular formula is C44H48N6O4S. The minimum atomic E-state index is -0.603. The number of aliphatic hydroxyl groups excluding tert-OH is 1. The van der Waals surface area contributed by atoms with Crippen LogP contribution in [-0.2, 0) is 22.6 Å². The Hall–Kier alpha value is -4.55. The van der Waals surface area contributed by atoms with Gasteiger partial charge in [0.15, 0.2) is 6.29 Å². The molecule has 11 heteroatoms. The summed E-state index contributed by atoms with van der Waals surface area (Å²) in [6.07, 6.45) is 6.43. The van der Waals surface area contributed by atoms with Gasteiger partial charge >= 0.3 is 6.03 Å². The first-order valence-electron chi connectivity index (χ1n) is 19.6. The number of rotatable bonds is 11. The van der Waals surface area contributed by atoms with Crippen LogP contribution < -0.4 is 10.6 Å². The molecule has 4 bridgehead atoms. The van der Waals surface area contributed by atoms with E-state index in [0.29, 0.717) is 17.5 Å². The predicted octanol–water partition coefficient (Wildman–Crippen LogP) is 8.17. The lowest BCUT2D eigenvalue weighted by molar-refractivity contribution is -0.268. The van der Waals surface area contributed by atoms with Crippen molar-refractivity contribution in [1.29, 1.82) is 0 Å². The number of nitrogens with one attached hydrogen (secondary N) is 2. The molecule has 2 amide bonds. The number of benzene rings is 4. The summed E-state index contributed by atoms with van der Waals surface area (Å²) in [6.45, 7) is 2.60. The number of carbonyl (C=O) groups excluding carboxylic acids is 1. The minimum Gasteiger partial charge on any atom is -0.392 e. The molecule has 2 heterocycles. The summed E-state index contributed by atoms with van der Waals surface area (Å²) in [7, 11) is 0. The highest BCUT2D eigenvalue weighted by atomic mass is 32.2. The molecule has 5 aliphatic rings. The number of tetrazole rings is 1. The van der Waals surface area contributed by atoms with Gasteiger partial charge in [-0.2, -0.15) is 4.68 Å². The summed E-state index contributed by atoms with van der Waals surface area (Å²) in [5.41, 5.74) is 6.89. The van der Waals surface area contributed by atoms with Gasteiger partial charge in [0, 0.05) is 29.3 Å². The number of thioether (sulfide) groups is 1. The molecule has 1 aromatic heterocycles. The monoisotopic (exact) mass is 756 g/mol. The minimum absolute atomic E-state index is 0.0108. The van der Waals surface area contributed by atoms with Crippen molar-refractivity contribution in [2.45, 2.75) is 87.8 Å². The van der Waals surface area contributed by atoms with Crippen LogP contribution in [0.3, 0.4) is 0 Å². The molecule has 4 saturated carbocycles. The lowest BCUT2D eigenvalue weighted by Crippen LogP contribution is -2.61. The summed E-state index contributed by atoms with van der Waals surface area (Å²) < 4.78 is 15.2. The van der Waals surface area contributed by atoms with Gasteiger partial charge in [0.1, 0.15) is 0 Å². The molecule has 3 N–H and O–H groups in total. The third-order valence-electron chi connectivity index (χ3n) is 12.3. The fourth-order valence-corrected chi connectivity index (χ4v) is 11.0. The van der Waals surface area contributed by atoms with E-state index in [1.807, 2.05) is 66.7 Å². The third-order valence-corrected chi connectivity index (χ3v) is 13.3. The number of hydrogen-bond donors (Lipinski definition) is 3. The van der Waals surface area contributed by atoms with Crippen molar-refractivity contribution < 1.29 is 19.4 Å². The van der Waals surface area contributed by atoms with Crippen LogP contribution in [0.2, 0.25) is 0 Å². The van der Waals surface area contributed by atoms with Crippen molar-refractivity contribution in [2.24, 2.45) is 23.7 Å². The molecule has 5 aromatic rings. The van der Waals surface area contributed by atoms with Gasteiger partial charge in [-0.05, 0) is 107 Å². The van der Waals surface area contributed by atoms with E-state index in [2.05, 4.69) is 69.5 Å². The lowest BCUT2D eigenvalue weighted by atomic mass is 9.53. The van der Waals surface area contributed by atoms with Crippen LogP contribution in [0.1, 0.15) is 80.1 Å². The van der Waals surface area contributed by atoms with Crippen LogP contribution in [0.4, 0.5) is 4.79 Å². The first-order valence-corrected chi connectivity index (χ1v) is 20.6. The molecule has 4 aromatic carbocycles. The summed E-state index contributed by atoms with van der Waals surface area (Å²) in [6, 6.07) is 34.4. The maximum atomic E-state index is 13.3. The number of amides is 2. The van der Waals surface area contributed by atoms with Crippen LogP contribution in [0, 0.1) is 23.7 Å². The van der Waals surface area contributed by atoms with Gasteiger partial charge in [-0.15, -0.1) is 5.10 Å². The quantitative estimate of drug-likeness (QED) is 0.115. The molecular weight excluding hydrogens is 709 g/mol. The normalized spacial score (nSPS) is 28.2. The summed E-state index contributed by atoms with van der Waals surface area (Å²) >= 11 is 1.56. The van der Waals surface area contributed by atoms with Crippen molar-refractivity contribution in [3.8, 4) is 16.8 Å². The number of carbonyl (C=O) groups is 1. The highest BCUT2D eigenvalue weighted by molar-refractivity contribution is 7.99. The maximum absolute atomic E-state index is 13.3.